The first-order chi connectivity index (χ1) is 22.4. The number of nitrogens with one attached hydrogen (secondary N) is 4. The highest BCUT2D eigenvalue weighted by molar-refractivity contribution is 7.99. The normalized spacial score (nSPS) is 11.7. The quantitative estimate of drug-likeness (QED) is 0.0549. The second-order valence-corrected chi connectivity index (χ2v) is 11.0. The number of amides is 4. The molecule has 0 aliphatic carbocycles. The molecule has 0 saturated heterocycles. The van der Waals surface area contributed by atoms with Crippen molar-refractivity contribution < 1.29 is 43.8 Å². The molecule has 0 bridgehead atoms. The summed E-state index contributed by atoms with van der Waals surface area (Å²) in [4.78, 5) is 75.5. The molecule has 0 spiro atoms. The molecule has 0 fully saturated rings. The first-order valence-electron chi connectivity index (χ1n) is 14.5. The second-order valence-electron chi connectivity index (χ2n) is 9.68. The molecular weight excluding hydrogens is 632 g/mol. The molecule has 16 heteroatoms. The van der Waals surface area contributed by atoms with Gasteiger partial charge in [-0.1, -0.05) is 61.5 Å². The van der Waals surface area contributed by atoms with Crippen LogP contribution in [-0.2, 0) is 35.2 Å². The summed E-state index contributed by atoms with van der Waals surface area (Å²) in [6.07, 6.45) is 1.47. The van der Waals surface area contributed by atoms with Crippen LogP contribution in [-0.4, -0.2) is 95.4 Å². The molecular formula is C31H44N6O9S. The molecule has 2 rings (SSSR count). The highest BCUT2D eigenvalue weighted by Crippen LogP contribution is 2.12. The van der Waals surface area contributed by atoms with Crippen LogP contribution in [0.5, 0.6) is 0 Å². The maximum Gasteiger partial charge on any atom is 0.322 e. The molecule has 2 aromatic carbocycles. The van der Waals surface area contributed by atoms with Gasteiger partial charge in [-0.15, -0.1) is 0 Å². The van der Waals surface area contributed by atoms with E-state index in [0.29, 0.717) is 30.4 Å². The van der Waals surface area contributed by atoms with E-state index in [4.69, 9.17) is 21.7 Å². The van der Waals surface area contributed by atoms with Crippen molar-refractivity contribution in [3.8, 4) is 0 Å². The third kappa shape index (κ3) is 20.0. The molecule has 0 saturated carbocycles. The zero-order valence-corrected chi connectivity index (χ0v) is 27.2. The summed E-state index contributed by atoms with van der Waals surface area (Å²) in [6, 6.07) is 14.4. The van der Waals surface area contributed by atoms with Gasteiger partial charge in [-0.3, -0.25) is 33.6 Å². The van der Waals surface area contributed by atoms with Crippen LogP contribution >= 0.6 is 11.8 Å². The largest absolute Gasteiger partial charge is 0.480 e. The summed E-state index contributed by atoms with van der Waals surface area (Å²) < 4.78 is 0. The van der Waals surface area contributed by atoms with Crippen LogP contribution in [0, 0.1) is 0 Å². The van der Waals surface area contributed by atoms with E-state index >= 15 is 0 Å². The minimum atomic E-state index is -1.07. The fraction of sp³-hybridized carbons (Fsp3) is 0.387. The van der Waals surface area contributed by atoms with Crippen LogP contribution in [0.4, 0.5) is 0 Å². The van der Waals surface area contributed by atoms with Gasteiger partial charge in [-0.2, -0.15) is 11.8 Å². The number of ketones is 1. The van der Waals surface area contributed by atoms with E-state index in [1.54, 1.807) is 48.2 Å². The van der Waals surface area contributed by atoms with Crippen LogP contribution in [0.15, 0.2) is 54.6 Å². The number of carboxylic acids is 2. The lowest BCUT2D eigenvalue weighted by Crippen LogP contribution is -2.46. The van der Waals surface area contributed by atoms with E-state index in [-0.39, 0.29) is 49.7 Å². The monoisotopic (exact) mass is 676 g/mol. The summed E-state index contributed by atoms with van der Waals surface area (Å²) in [5, 5.41) is 26.1. The maximum atomic E-state index is 12.3. The predicted octanol–water partition coefficient (Wildman–Crippen LogP) is -0.140. The average Bonchev–Trinajstić information content (AvgIpc) is 3.06. The first-order valence-corrected chi connectivity index (χ1v) is 15.7. The Balaban J connectivity index is 0.000000792. The van der Waals surface area contributed by atoms with Gasteiger partial charge in [0.1, 0.15) is 18.6 Å². The number of hydrogen-bond donors (Lipinski definition) is 8. The Morgan fingerprint density at radius 1 is 0.936 bits per heavy atom. The average molecular weight is 677 g/mol. The van der Waals surface area contributed by atoms with Crippen molar-refractivity contribution in [1.82, 2.24) is 21.3 Å². The van der Waals surface area contributed by atoms with Gasteiger partial charge in [0.15, 0.2) is 5.78 Å². The summed E-state index contributed by atoms with van der Waals surface area (Å²) in [6.45, 7) is 3.69. The number of nitrogens with two attached hydrogens (primary N) is 2. The second kappa shape index (κ2) is 25.4. The number of carbonyl (C=O) groups is 7. The van der Waals surface area contributed by atoms with Gasteiger partial charge in [0.25, 0.3) is 0 Å². The van der Waals surface area contributed by atoms with Gasteiger partial charge in [0, 0.05) is 35.8 Å². The van der Waals surface area contributed by atoms with Gasteiger partial charge >= 0.3 is 11.9 Å². The standard InChI is InChI=1S/C18H19N3O3.C10H20N2O3S.C3H5NO3/c19-11-20-18(24)16(21-12-22)10-13-6-8-15(9-7-13)17(23)14-4-2-1-3-5-14;1-3-16-6-7(2)12-9(13)5-4-8(11)10(14)15;5-2-4-1-3(6)7/h1-9,12,16H,10-11,19H2,(H,20,24)(H,21,22);7-8H,3-6,11H2,1-2H3,(H,12,13)(H,14,15);2H,1H2,(H,4,5)(H,6,7). The van der Waals surface area contributed by atoms with Crippen LogP contribution in [0.3, 0.4) is 0 Å². The molecule has 4 amide bonds. The first kappa shape index (κ1) is 42.2. The van der Waals surface area contributed by atoms with Crippen molar-refractivity contribution in [3.63, 3.8) is 0 Å². The molecule has 47 heavy (non-hydrogen) atoms. The number of hydrogen-bond acceptors (Lipinski definition) is 10. The summed E-state index contributed by atoms with van der Waals surface area (Å²) in [7, 11) is 0. The van der Waals surface area contributed by atoms with Crippen molar-refractivity contribution in [2.45, 2.75) is 51.2 Å². The number of rotatable bonds is 19. The predicted molar refractivity (Wildman–Crippen MR) is 177 cm³/mol. The van der Waals surface area contributed by atoms with Gasteiger partial charge in [-0.05, 0) is 24.7 Å². The molecule has 0 aliphatic rings. The highest BCUT2D eigenvalue weighted by atomic mass is 32.2. The van der Waals surface area contributed by atoms with Crippen LogP contribution in [0.1, 0.15) is 48.2 Å². The molecule has 0 radical (unpaired) electrons. The SMILES string of the molecule is CCSCC(C)NC(=O)CCC(N)C(=O)O.NCNC(=O)C(Cc1ccc(C(=O)c2ccccc2)cc1)NC=O.O=CNCC(=O)O. The number of carbonyl (C=O) groups excluding carboxylic acids is 5. The molecule has 0 aromatic heterocycles. The number of benzene rings is 2. The van der Waals surface area contributed by atoms with Crippen molar-refractivity contribution in [3.05, 3.63) is 71.3 Å². The maximum absolute atomic E-state index is 12.3. The Morgan fingerprint density at radius 3 is 2.04 bits per heavy atom. The van der Waals surface area contributed by atoms with Gasteiger partial charge < -0.3 is 42.9 Å². The Bertz CT molecular complexity index is 1270. The minimum Gasteiger partial charge on any atom is -0.480 e. The molecule has 2 aromatic rings. The van der Waals surface area contributed by atoms with Crippen molar-refractivity contribution >= 4 is 54.1 Å². The Kier molecular flexibility index (Phi) is 22.8. The van der Waals surface area contributed by atoms with E-state index in [2.05, 4.69) is 22.9 Å². The van der Waals surface area contributed by atoms with Crippen molar-refractivity contribution in [2.75, 3.05) is 24.7 Å². The zero-order chi connectivity index (χ0) is 35.6. The molecule has 15 nitrogen and oxygen atoms in total. The number of aliphatic carboxylic acids is 2. The van der Waals surface area contributed by atoms with Gasteiger partial charge in [0.2, 0.25) is 24.6 Å². The lowest BCUT2D eigenvalue weighted by molar-refractivity contribution is -0.139. The molecule has 10 N–H and O–H groups in total. The van der Waals surface area contributed by atoms with Gasteiger partial charge in [0.05, 0.1) is 6.67 Å². The smallest absolute Gasteiger partial charge is 0.322 e. The minimum absolute atomic E-state index is 0.000383. The van der Waals surface area contributed by atoms with Crippen molar-refractivity contribution in [2.24, 2.45) is 11.5 Å². The molecule has 0 aliphatic heterocycles. The third-order valence-corrected chi connectivity index (χ3v) is 7.01. The zero-order valence-electron chi connectivity index (χ0n) is 26.3. The fourth-order valence-corrected chi connectivity index (χ4v) is 4.21. The summed E-state index contributed by atoms with van der Waals surface area (Å²) >= 11 is 1.75. The van der Waals surface area contributed by atoms with E-state index in [1.807, 2.05) is 30.4 Å². The lowest BCUT2D eigenvalue weighted by atomic mass is 9.99. The van der Waals surface area contributed by atoms with Crippen molar-refractivity contribution in [1.29, 1.82) is 0 Å². The molecule has 3 unspecified atom stereocenters. The van der Waals surface area contributed by atoms with Gasteiger partial charge in [-0.25, -0.2) is 0 Å². The van der Waals surface area contributed by atoms with E-state index < -0.39 is 24.0 Å². The van der Waals surface area contributed by atoms with Crippen LogP contribution in [0.25, 0.3) is 0 Å². The summed E-state index contributed by atoms with van der Waals surface area (Å²) in [5.74, 6) is -0.771. The fourth-order valence-electron chi connectivity index (χ4n) is 3.54. The van der Waals surface area contributed by atoms with Crippen LogP contribution < -0.4 is 32.7 Å². The summed E-state index contributed by atoms with van der Waals surface area (Å²) in [5.41, 5.74) is 12.6. The number of carboxylic acid groups (broad SMARTS) is 2. The number of thioether (sulfide) groups is 1. The van der Waals surface area contributed by atoms with E-state index in [0.717, 1.165) is 17.1 Å². The lowest BCUT2D eigenvalue weighted by Gasteiger charge is -2.15. The Morgan fingerprint density at radius 2 is 1.55 bits per heavy atom. The Hall–Kier alpha value is -4.80. The third-order valence-electron chi connectivity index (χ3n) is 5.87. The highest BCUT2D eigenvalue weighted by Gasteiger charge is 2.18. The topological polar surface area (TPSA) is 260 Å². The van der Waals surface area contributed by atoms with E-state index in [9.17, 15) is 33.6 Å². The molecule has 258 valence electrons. The Labute approximate surface area is 277 Å². The van der Waals surface area contributed by atoms with Crippen LogP contribution in [0.2, 0.25) is 0 Å². The molecule has 0 heterocycles. The molecule has 3 atom stereocenters. The van der Waals surface area contributed by atoms with E-state index in [1.165, 1.54) is 0 Å².